The van der Waals surface area contributed by atoms with Crippen LogP contribution in [0.4, 0.5) is 5.69 Å². The van der Waals surface area contributed by atoms with Crippen LogP contribution in [0.5, 0.6) is 0 Å². The third-order valence-electron chi connectivity index (χ3n) is 3.28. The molecule has 0 saturated heterocycles. The van der Waals surface area contributed by atoms with E-state index in [9.17, 15) is 9.59 Å². The summed E-state index contributed by atoms with van der Waals surface area (Å²) in [7, 11) is 0. The van der Waals surface area contributed by atoms with Gasteiger partial charge < -0.3 is 10.6 Å². The largest absolute Gasteiger partial charge is 0.378 e. The lowest BCUT2D eigenvalue weighted by molar-refractivity contribution is -0.117. The van der Waals surface area contributed by atoms with Gasteiger partial charge in [0, 0.05) is 24.2 Å². The fourth-order valence-electron chi connectivity index (χ4n) is 2.16. The maximum Gasteiger partial charge on any atom is 0.251 e. The molecule has 0 unspecified atom stereocenters. The first-order valence-electron chi connectivity index (χ1n) is 6.89. The van der Waals surface area contributed by atoms with Gasteiger partial charge >= 0.3 is 0 Å². The predicted molar refractivity (Wildman–Crippen MR) is 75.4 cm³/mol. The van der Waals surface area contributed by atoms with E-state index in [0.717, 1.165) is 31.4 Å². The number of Topliss-reactive ketones (excluding diaryl/α,β-unsaturated/α-hetero) is 1. The summed E-state index contributed by atoms with van der Waals surface area (Å²) in [6.07, 6.45) is 4.65. The molecular formula is C15H20N2O2. The Kier molecular flexibility index (Phi) is 4.95. The second kappa shape index (κ2) is 6.92. The minimum atomic E-state index is -0.0490. The number of nitrogens with one attached hydrogen (secondary N) is 2. The van der Waals surface area contributed by atoms with Crippen LogP contribution in [0.2, 0.25) is 0 Å². The van der Waals surface area contributed by atoms with Gasteiger partial charge in [-0.2, -0.15) is 0 Å². The Morgan fingerprint density at radius 2 is 1.79 bits per heavy atom. The maximum atomic E-state index is 11.9. The molecule has 1 aromatic carbocycles. The summed E-state index contributed by atoms with van der Waals surface area (Å²) in [5.41, 5.74) is 1.45. The van der Waals surface area contributed by atoms with Crippen molar-refractivity contribution < 1.29 is 9.59 Å². The topological polar surface area (TPSA) is 58.2 Å². The summed E-state index contributed by atoms with van der Waals surface area (Å²) in [5, 5.41) is 6.00. The minimum absolute atomic E-state index is 0.0490. The van der Waals surface area contributed by atoms with Crippen LogP contribution in [0.15, 0.2) is 24.3 Å². The first-order valence-corrected chi connectivity index (χ1v) is 6.89. The zero-order valence-electron chi connectivity index (χ0n) is 11.1. The van der Waals surface area contributed by atoms with Crippen molar-refractivity contribution in [1.82, 2.24) is 5.32 Å². The van der Waals surface area contributed by atoms with Crippen molar-refractivity contribution in [2.24, 2.45) is 0 Å². The van der Waals surface area contributed by atoms with E-state index in [1.165, 1.54) is 0 Å². The number of carbonyl (C=O) groups excluding carboxylic acids is 2. The molecule has 19 heavy (non-hydrogen) atoms. The van der Waals surface area contributed by atoms with E-state index in [-0.39, 0.29) is 11.7 Å². The van der Waals surface area contributed by atoms with Gasteiger partial charge in [-0.3, -0.25) is 9.59 Å². The van der Waals surface area contributed by atoms with Gasteiger partial charge in [0.1, 0.15) is 0 Å². The Labute approximate surface area is 113 Å². The van der Waals surface area contributed by atoms with E-state index in [4.69, 9.17) is 0 Å². The van der Waals surface area contributed by atoms with Crippen LogP contribution >= 0.6 is 0 Å². The predicted octanol–water partition coefficient (Wildman–Crippen LogP) is 2.36. The molecule has 0 fully saturated rings. The SMILES string of the molecule is O=C1CCCCCCNC(=O)c2cccc(c2)NC1. The van der Waals surface area contributed by atoms with Crippen molar-refractivity contribution in [3.05, 3.63) is 29.8 Å². The standard InChI is InChI=1S/C15H20N2O2/c18-14-8-3-1-2-4-9-16-15(19)12-6-5-7-13(10-12)17-11-14/h5-7,10,17H,1-4,8-9,11H2,(H,16,19). The second-order valence-corrected chi connectivity index (χ2v) is 4.89. The fraction of sp³-hybridized carbons (Fsp3) is 0.467. The average Bonchev–Trinajstić information content (AvgIpc) is 2.43. The minimum Gasteiger partial charge on any atom is -0.378 e. The number of carbonyl (C=O) groups is 2. The maximum absolute atomic E-state index is 11.9. The number of ketones is 1. The lowest BCUT2D eigenvalue weighted by Crippen LogP contribution is -2.24. The van der Waals surface area contributed by atoms with Crippen LogP contribution in [0, 0.1) is 0 Å². The first kappa shape index (κ1) is 13.6. The van der Waals surface area contributed by atoms with Crippen molar-refractivity contribution in [2.45, 2.75) is 32.1 Å². The molecule has 0 aromatic heterocycles. The normalized spacial score (nSPS) is 18.1. The zero-order valence-corrected chi connectivity index (χ0v) is 11.1. The molecule has 102 valence electrons. The first-order chi connectivity index (χ1) is 9.25. The van der Waals surface area contributed by atoms with Crippen LogP contribution in [0.1, 0.15) is 42.5 Å². The quantitative estimate of drug-likeness (QED) is 0.753. The van der Waals surface area contributed by atoms with Gasteiger partial charge in [-0.15, -0.1) is 0 Å². The van der Waals surface area contributed by atoms with Crippen LogP contribution in [-0.2, 0) is 4.79 Å². The molecule has 0 radical (unpaired) electrons. The van der Waals surface area contributed by atoms with Crippen molar-refractivity contribution in [3.63, 3.8) is 0 Å². The van der Waals surface area contributed by atoms with Crippen molar-refractivity contribution >= 4 is 17.4 Å². The molecule has 0 saturated carbocycles. The van der Waals surface area contributed by atoms with Gasteiger partial charge in [-0.05, 0) is 31.0 Å². The third-order valence-corrected chi connectivity index (χ3v) is 3.28. The molecule has 1 heterocycles. The van der Waals surface area contributed by atoms with Crippen molar-refractivity contribution in [2.75, 3.05) is 18.4 Å². The van der Waals surface area contributed by atoms with E-state index < -0.39 is 0 Å². The molecule has 4 heteroatoms. The van der Waals surface area contributed by atoms with Crippen LogP contribution < -0.4 is 10.6 Å². The molecule has 2 bridgehead atoms. The smallest absolute Gasteiger partial charge is 0.251 e. The van der Waals surface area contributed by atoms with Crippen LogP contribution in [-0.4, -0.2) is 24.8 Å². The summed E-state index contributed by atoms with van der Waals surface area (Å²) in [6, 6.07) is 7.27. The molecule has 1 aliphatic heterocycles. The van der Waals surface area contributed by atoms with Crippen LogP contribution in [0.3, 0.4) is 0 Å². The Balaban J connectivity index is 2.08. The summed E-state index contributed by atoms with van der Waals surface area (Å²) in [4.78, 5) is 23.6. The van der Waals surface area contributed by atoms with Gasteiger partial charge in [-0.1, -0.05) is 18.9 Å². The van der Waals surface area contributed by atoms with E-state index in [1.807, 2.05) is 12.1 Å². The number of fused-ring (bicyclic) bond motifs is 2. The van der Waals surface area contributed by atoms with Gasteiger partial charge in [0.2, 0.25) is 0 Å². The molecule has 2 rings (SSSR count). The molecule has 2 N–H and O–H groups in total. The molecule has 0 spiro atoms. The summed E-state index contributed by atoms with van der Waals surface area (Å²) in [5.74, 6) is 0.180. The van der Waals surface area contributed by atoms with Gasteiger partial charge in [0.25, 0.3) is 5.91 Å². The lowest BCUT2D eigenvalue weighted by Gasteiger charge is -2.10. The number of hydrogen-bond donors (Lipinski definition) is 2. The number of hydrogen-bond acceptors (Lipinski definition) is 3. The molecule has 1 amide bonds. The van der Waals surface area contributed by atoms with Gasteiger partial charge in [0.15, 0.2) is 5.78 Å². The van der Waals surface area contributed by atoms with Gasteiger partial charge in [-0.25, -0.2) is 0 Å². The highest BCUT2D eigenvalue weighted by Crippen LogP contribution is 2.11. The number of rotatable bonds is 0. The summed E-state index contributed by atoms with van der Waals surface area (Å²) in [6.45, 7) is 1.04. The third kappa shape index (κ3) is 4.39. The number of benzene rings is 1. The Morgan fingerprint density at radius 1 is 0.947 bits per heavy atom. The van der Waals surface area contributed by atoms with E-state index in [1.54, 1.807) is 12.1 Å². The van der Waals surface area contributed by atoms with Crippen molar-refractivity contribution in [1.29, 1.82) is 0 Å². The molecule has 1 aliphatic rings. The zero-order chi connectivity index (χ0) is 13.5. The molecule has 1 aromatic rings. The molecular weight excluding hydrogens is 240 g/mol. The van der Waals surface area contributed by atoms with Crippen molar-refractivity contribution in [3.8, 4) is 0 Å². The summed E-state index contributed by atoms with van der Waals surface area (Å²) >= 11 is 0. The second-order valence-electron chi connectivity index (χ2n) is 4.89. The Hall–Kier alpha value is -1.84. The highest BCUT2D eigenvalue weighted by molar-refractivity contribution is 5.95. The van der Waals surface area contributed by atoms with Crippen LogP contribution in [0.25, 0.3) is 0 Å². The lowest BCUT2D eigenvalue weighted by atomic mass is 10.1. The Bertz CT molecular complexity index is 457. The van der Waals surface area contributed by atoms with E-state index >= 15 is 0 Å². The fourth-order valence-corrected chi connectivity index (χ4v) is 2.16. The highest BCUT2D eigenvalue weighted by Gasteiger charge is 2.07. The molecule has 0 atom stereocenters. The van der Waals surface area contributed by atoms with E-state index in [0.29, 0.717) is 25.1 Å². The monoisotopic (exact) mass is 260 g/mol. The Morgan fingerprint density at radius 3 is 2.68 bits per heavy atom. The molecule has 4 nitrogen and oxygen atoms in total. The van der Waals surface area contributed by atoms with Gasteiger partial charge in [0.05, 0.1) is 6.54 Å². The average molecular weight is 260 g/mol. The number of anilines is 1. The highest BCUT2D eigenvalue weighted by atomic mass is 16.1. The number of amides is 1. The molecule has 0 aliphatic carbocycles. The summed E-state index contributed by atoms with van der Waals surface area (Å²) < 4.78 is 0. The van der Waals surface area contributed by atoms with E-state index in [2.05, 4.69) is 10.6 Å².